The number of hydrogen-bond acceptors (Lipinski definition) is 1. The molecule has 1 saturated carbocycles. The lowest BCUT2D eigenvalue weighted by Crippen LogP contribution is -2.18. The molecule has 1 fully saturated rings. The van der Waals surface area contributed by atoms with Crippen LogP contribution >= 0.6 is 12.4 Å². The van der Waals surface area contributed by atoms with Gasteiger partial charge < -0.3 is 0 Å². The largest absolute Gasteiger partial charge is 0.292 e. The summed E-state index contributed by atoms with van der Waals surface area (Å²) < 4.78 is 0. The van der Waals surface area contributed by atoms with Gasteiger partial charge in [-0.1, -0.05) is 24.3 Å². The molecule has 17 heavy (non-hydrogen) atoms. The maximum Gasteiger partial charge on any atom is 0.0243 e. The molecule has 1 heterocycles. The van der Waals surface area contributed by atoms with Gasteiger partial charge in [0.1, 0.15) is 0 Å². The molecule has 2 aromatic carbocycles. The fraction of sp³-hybridized carbons (Fsp3) is 0.333. The first-order valence-corrected chi connectivity index (χ1v) is 6.15. The first-order chi connectivity index (χ1) is 7.90. The number of halogens is 1. The molecule has 1 nitrogen and oxygen atoms in total. The molecule has 1 aliphatic heterocycles. The highest BCUT2D eigenvalue weighted by Crippen LogP contribution is 2.35. The summed E-state index contributed by atoms with van der Waals surface area (Å²) >= 11 is 0. The van der Waals surface area contributed by atoms with Gasteiger partial charge in [-0.25, -0.2) is 0 Å². The normalized spacial score (nSPS) is 19.1. The molecule has 0 atom stereocenters. The maximum atomic E-state index is 2.63. The topological polar surface area (TPSA) is 3.24 Å². The van der Waals surface area contributed by atoms with Crippen LogP contribution < -0.4 is 0 Å². The summed E-state index contributed by atoms with van der Waals surface area (Å²) in [6, 6.07) is 14.3. The summed E-state index contributed by atoms with van der Waals surface area (Å²) in [5.74, 6) is 0. The molecule has 0 aromatic heterocycles. The Labute approximate surface area is 108 Å². The fourth-order valence-electron chi connectivity index (χ4n) is 2.82. The lowest BCUT2D eigenvalue weighted by molar-refractivity contribution is 0.273. The predicted molar refractivity (Wildman–Crippen MR) is 73.5 cm³/mol. The van der Waals surface area contributed by atoms with E-state index in [2.05, 4.69) is 41.3 Å². The Morgan fingerprint density at radius 2 is 1.41 bits per heavy atom. The maximum absolute atomic E-state index is 2.63. The second kappa shape index (κ2) is 4.01. The summed E-state index contributed by atoms with van der Waals surface area (Å²) in [7, 11) is 0. The van der Waals surface area contributed by atoms with Crippen LogP contribution in [0.1, 0.15) is 24.0 Å². The molecule has 0 unspecified atom stereocenters. The van der Waals surface area contributed by atoms with Gasteiger partial charge in [0.2, 0.25) is 0 Å². The zero-order chi connectivity index (χ0) is 10.5. The number of nitrogens with zero attached hydrogens (tertiary/aromatic N) is 1. The molecule has 2 aliphatic rings. The second-order valence-corrected chi connectivity index (χ2v) is 5.10. The van der Waals surface area contributed by atoms with Gasteiger partial charge >= 0.3 is 0 Å². The molecule has 4 rings (SSSR count). The van der Waals surface area contributed by atoms with Crippen LogP contribution in [0.25, 0.3) is 10.8 Å². The van der Waals surface area contributed by atoms with E-state index in [-0.39, 0.29) is 12.4 Å². The van der Waals surface area contributed by atoms with Crippen molar-refractivity contribution in [1.82, 2.24) is 4.90 Å². The van der Waals surface area contributed by atoms with Crippen molar-refractivity contribution in [1.29, 1.82) is 0 Å². The number of benzene rings is 2. The summed E-state index contributed by atoms with van der Waals surface area (Å²) in [4.78, 5) is 2.63. The van der Waals surface area contributed by atoms with E-state index in [1.807, 2.05) is 0 Å². The van der Waals surface area contributed by atoms with Crippen molar-refractivity contribution in [3.63, 3.8) is 0 Å². The minimum Gasteiger partial charge on any atom is -0.292 e. The Morgan fingerprint density at radius 3 is 1.88 bits per heavy atom. The first kappa shape index (κ1) is 11.1. The van der Waals surface area contributed by atoms with Gasteiger partial charge in [0, 0.05) is 19.1 Å². The van der Waals surface area contributed by atoms with Crippen molar-refractivity contribution in [2.45, 2.75) is 32.0 Å². The van der Waals surface area contributed by atoms with E-state index in [0.717, 1.165) is 6.04 Å². The molecule has 0 bridgehead atoms. The van der Waals surface area contributed by atoms with Crippen molar-refractivity contribution >= 4 is 23.2 Å². The summed E-state index contributed by atoms with van der Waals surface area (Å²) in [5, 5.41) is 2.78. The van der Waals surface area contributed by atoms with Gasteiger partial charge in [-0.3, -0.25) is 4.90 Å². The van der Waals surface area contributed by atoms with Gasteiger partial charge in [0.05, 0.1) is 0 Å². The average molecular weight is 246 g/mol. The minimum absolute atomic E-state index is 0. The fourth-order valence-corrected chi connectivity index (χ4v) is 2.82. The van der Waals surface area contributed by atoms with Crippen molar-refractivity contribution in [2.24, 2.45) is 0 Å². The van der Waals surface area contributed by atoms with Crippen LogP contribution in [0.3, 0.4) is 0 Å². The van der Waals surface area contributed by atoms with Crippen LogP contribution in [0.4, 0.5) is 0 Å². The molecule has 0 amide bonds. The predicted octanol–water partition coefficient (Wildman–Crippen LogP) is 3.74. The van der Waals surface area contributed by atoms with Gasteiger partial charge in [0.25, 0.3) is 0 Å². The Kier molecular flexibility index (Phi) is 2.61. The third-order valence-electron chi connectivity index (χ3n) is 3.88. The Bertz CT molecular complexity index is 515. The van der Waals surface area contributed by atoms with Crippen molar-refractivity contribution < 1.29 is 0 Å². The number of rotatable bonds is 1. The van der Waals surface area contributed by atoms with E-state index >= 15 is 0 Å². The third kappa shape index (κ3) is 1.84. The number of hydrogen-bond donors (Lipinski definition) is 0. The van der Waals surface area contributed by atoms with E-state index in [4.69, 9.17) is 0 Å². The Hall–Kier alpha value is -1.05. The van der Waals surface area contributed by atoms with E-state index in [1.54, 1.807) is 11.1 Å². The van der Waals surface area contributed by atoms with E-state index in [9.17, 15) is 0 Å². The van der Waals surface area contributed by atoms with Crippen molar-refractivity contribution in [3.05, 3.63) is 47.5 Å². The smallest absolute Gasteiger partial charge is 0.0243 e. The van der Waals surface area contributed by atoms with Crippen LogP contribution in [0.5, 0.6) is 0 Å². The third-order valence-corrected chi connectivity index (χ3v) is 3.88. The Morgan fingerprint density at radius 1 is 0.882 bits per heavy atom. The quantitative estimate of drug-likeness (QED) is 0.740. The molecular weight excluding hydrogens is 230 g/mol. The highest BCUT2D eigenvalue weighted by Gasteiger charge is 2.32. The minimum atomic E-state index is 0. The van der Waals surface area contributed by atoms with Crippen molar-refractivity contribution in [3.8, 4) is 0 Å². The number of fused-ring (bicyclic) bond motifs is 2. The van der Waals surface area contributed by atoms with Gasteiger partial charge in [-0.05, 0) is 46.9 Å². The van der Waals surface area contributed by atoms with Crippen molar-refractivity contribution in [2.75, 3.05) is 0 Å². The van der Waals surface area contributed by atoms with Crippen LogP contribution in [-0.4, -0.2) is 10.9 Å². The van der Waals surface area contributed by atoms with E-state index in [0.29, 0.717) is 0 Å². The summed E-state index contributed by atoms with van der Waals surface area (Å²) in [6.07, 6.45) is 2.82. The van der Waals surface area contributed by atoms with Gasteiger partial charge in [0.15, 0.2) is 0 Å². The molecule has 0 spiro atoms. The highest BCUT2D eigenvalue weighted by molar-refractivity contribution is 5.85. The summed E-state index contributed by atoms with van der Waals surface area (Å²) in [5.41, 5.74) is 3.09. The van der Waals surface area contributed by atoms with Crippen LogP contribution in [0.2, 0.25) is 0 Å². The van der Waals surface area contributed by atoms with E-state index in [1.165, 1.54) is 36.7 Å². The van der Waals surface area contributed by atoms with Crippen LogP contribution in [-0.2, 0) is 13.1 Å². The monoisotopic (exact) mass is 245 g/mol. The molecule has 0 saturated heterocycles. The van der Waals surface area contributed by atoms with Gasteiger partial charge in [-0.15, -0.1) is 12.4 Å². The van der Waals surface area contributed by atoms with Crippen LogP contribution in [0.15, 0.2) is 36.4 Å². The molecule has 88 valence electrons. The molecule has 0 radical (unpaired) electrons. The molecular formula is C15H16ClN. The first-order valence-electron chi connectivity index (χ1n) is 6.15. The van der Waals surface area contributed by atoms with Crippen LogP contribution in [0, 0.1) is 0 Å². The summed E-state index contributed by atoms with van der Waals surface area (Å²) in [6.45, 7) is 2.34. The average Bonchev–Trinajstić information content (AvgIpc) is 3.07. The molecule has 1 aliphatic carbocycles. The lowest BCUT2D eigenvalue weighted by atomic mass is 10.0. The highest BCUT2D eigenvalue weighted by atomic mass is 35.5. The standard InChI is InChI=1S/C15H15N.ClH/c1-2-4-12-8-14-10-16(15-5-6-15)9-13(14)7-11(12)3-1;/h1-4,7-8,15H,5-6,9-10H2;1H. The zero-order valence-electron chi connectivity index (χ0n) is 9.73. The second-order valence-electron chi connectivity index (χ2n) is 5.10. The Balaban J connectivity index is 0.000000902. The zero-order valence-corrected chi connectivity index (χ0v) is 10.5. The van der Waals surface area contributed by atoms with E-state index < -0.39 is 0 Å². The SMILES string of the molecule is Cl.c1ccc2cc3c(cc2c1)CN(C1CC1)C3. The molecule has 2 aromatic rings. The van der Waals surface area contributed by atoms with Gasteiger partial charge in [-0.2, -0.15) is 0 Å². The lowest BCUT2D eigenvalue weighted by Gasteiger charge is -2.11. The molecule has 2 heteroatoms. The molecule has 0 N–H and O–H groups in total.